The summed E-state index contributed by atoms with van der Waals surface area (Å²) >= 11 is 0. The van der Waals surface area contributed by atoms with Crippen LogP contribution in [0.1, 0.15) is 34.3 Å². The summed E-state index contributed by atoms with van der Waals surface area (Å²) < 4.78 is 93.9. The van der Waals surface area contributed by atoms with Gasteiger partial charge in [-0.05, 0) is 42.5 Å². The number of carboxylic acids is 1. The molecule has 2 aromatic heterocycles. The van der Waals surface area contributed by atoms with Crippen LogP contribution in [0.15, 0.2) is 60.8 Å². The minimum Gasteiger partial charge on any atom is -0.479 e. The lowest BCUT2D eigenvalue weighted by molar-refractivity contribution is -0.144. The molecule has 40 heavy (non-hydrogen) atoms. The molecule has 2 aromatic carbocycles. The lowest BCUT2D eigenvalue weighted by atomic mass is 10.00. The minimum atomic E-state index is -5.12. The van der Waals surface area contributed by atoms with E-state index in [1.54, 1.807) is 6.07 Å². The van der Waals surface area contributed by atoms with Crippen molar-refractivity contribution < 1.29 is 40.6 Å². The van der Waals surface area contributed by atoms with Crippen molar-refractivity contribution in [1.29, 1.82) is 0 Å². The van der Waals surface area contributed by atoms with Crippen molar-refractivity contribution >= 4 is 12.0 Å². The average molecular weight is 563 g/mol. The van der Waals surface area contributed by atoms with Gasteiger partial charge in [0.05, 0.1) is 46.0 Å². The number of aromatic amines is 1. The van der Waals surface area contributed by atoms with E-state index in [0.29, 0.717) is 23.5 Å². The summed E-state index contributed by atoms with van der Waals surface area (Å²) in [4.78, 5) is 20.9. The number of aliphatic carboxylic acids is 1. The number of alkyl halides is 6. The van der Waals surface area contributed by atoms with Gasteiger partial charge < -0.3 is 15.0 Å². The van der Waals surface area contributed by atoms with Crippen molar-refractivity contribution in [3.05, 3.63) is 94.8 Å². The summed E-state index contributed by atoms with van der Waals surface area (Å²) in [5.74, 6) is -1.62. The predicted molar refractivity (Wildman–Crippen MR) is 126 cm³/mol. The molecule has 0 amide bonds. The lowest BCUT2D eigenvalue weighted by Crippen LogP contribution is -2.32. The Balaban J connectivity index is 1.44. The van der Waals surface area contributed by atoms with Gasteiger partial charge in [-0.1, -0.05) is 18.2 Å². The molecule has 206 valence electrons. The van der Waals surface area contributed by atoms with Crippen LogP contribution in [0.3, 0.4) is 0 Å². The van der Waals surface area contributed by atoms with Crippen molar-refractivity contribution in [2.75, 3.05) is 0 Å². The zero-order chi connectivity index (χ0) is 28.8. The maximum absolute atomic E-state index is 14.2. The van der Waals surface area contributed by atoms with E-state index >= 15 is 0 Å². The Morgan fingerprint density at radius 1 is 0.950 bits per heavy atom. The SMILES string of the molecule is O=C(O)C(c1ccc(-c2ccc(C(F)(F)F)cc2C(F)(F)F)nn1)N1C=Cc2[nH]c(-c3ccccc3F)nc2C1. The number of hydrogen-bond donors (Lipinski definition) is 2. The molecule has 0 fully saturated rings. The molecule has 1 atom stereocenters. The fourth-order valence-corrected chi connectivity index (χ4v) is 4.28. The van der Waals surface area contributed by atoms with Crippen molar-refractivity contribution in [2.24, 2.45) is 0 Å². The zero-order valence-corrected chi connectivity index (χ0v) is 19.9. The largest absolute Gasteiger partial charge is 0.479 e. The topological polar surface area (TPSA) is 95.0 Å². The van der Waals surface area contributed by atoms with Crippen molar-refractivity contribution in [1.82, 2.24) is 25.1 Å². The Hall–Kier alpha value is -4.75. The molecule has 3 heterocycles. The molecule has 0 saturated carbocycles. The molecule has 7 nitrogen and oxygen atoms in total. The highest BCUT2D eigenvalue weighted by Gasteiger charge is 2.39. The molecule has 1 aliphatic heterocycles. The first-order valence-corrected chi connectivity index (χ1v) is 11.5. The van der Waals surface area contributed by atoms with Crippen LogP contribution in [0, 0.1) is 5.82 Å². The van der Waals surface area contributed by atoms with Crippen LogP contribution < -0.4 is 0 Å². The Kier molecular flexibility index (Phi) is 6.56. The van der Waals surface area contributed by atoms with Crippen LogP contribution >= 0.6 is 0 Å². The van der Waals surface area contributed by atoms with Crippen LogP contribution in [0.4, 0.5) is 30.7 Å². The molecule has 1 aliphatic rings. The molecule has 4 aromatic rings. The van der Waals surface area contributed by atoms with E-state index in [9.17, 15) is 40.6 Å². The number of rotatable bonds is 5. The normalized spacial score (nSPS) is 14.2. The third-order valence-corrected chi connectivity index (χ3v) is 6.16. The number of nitrogens with one attached hydrogen (secondary N) is 1. The zero-order valence-electron chi connectivity index (χ0n) is 19.9. The van der Waals surface area contributed by atoms with Gasteiger partial charge in [0, 0.05) is 11.8 Å². The Morgan fingerprint density at radius 2 is 1.70 bits per heavy atom. The summed E-state index contributed by atoms with van der Waals surface area (Å²) in [5.41, 5.74) is -3.07. The fraction of sp³-hybridized carbons (Fsp3) is 0.154. The molecule has 0 bridgehead atoms. The first kappa shape index (κ1) is 26.8. The van der Waals surface area contributed by atoms with Gasteiger partial charge in [-0.2, -0.15) is 36.5 Å². The molecule has 1 unspecified atom stereocenters. The highest BCUT2D eigenvalue weighted by Crippen LogP contribution is 2.40. The molecular formula is C26H16F7N5O2. The monoisotopic (exact) mass is 563 g/mol. The number of imidazole rings is 1. The molecule has 14 heteroatoms. The number of carbonyl (C=O) groups is 1. The van der Waals surface area contributed by atoms with Crippen LogP contribution in [0.25, 0.3) is 28.7 Å². The van der Waals surface area contributed by atoms with Gasteiger partial charge >= 0.3 is 18.3 Å². The predicted octanol–water partition coefficient (Wildman–Crippen LogP) is 6.32. The summed E-state index contributed by atoms with van der Waals surface area (Å²) in [6.45, 7) is -0.0334. The number of nitrogens with zero attached hydrogens (tertiary/aromatic N) is 4. The maximum atomic E-state index is 14.2. The molecule has 2 N–H and O–H groups in total. The number of H-pyrrole nitrogens is 1. The van der Waals surface area contributed by atoms with Gasteiger partial charge in [-0.25, -0.2) is 14.2 Å². The van der Waals surface area contributed by atoms with Gasteiger partial charge in [-0.15, -0.1) is 0 Å². The summed E-state index contributed by atoms with van der Waals surface area (Å²) in [6, 6.07) is 7.83. The van der Waals surface area contributed by atoms with E-state index in [1.807, 2.05) is 0 Å². The first-order chi connectivity index (χ1) is 18.8. The quantitative estimate of drug-likeness (QED) is 0.276. The average Bonchev–Trinajstić information content (AvgIpc) is 3.31. The van der Waals surface area contributed by atoms with E-state index < -0.39 is 52.6 Å². The summed E-state index contributed by atoms with van der Waals surface area (Å²) in [5, 5.41) is 17.4. The second-order valence-electron chi connectivity index (χ2n) is 8.75. The van der Waals surface area contributed by atoms with Crippen LogP contribution in [-0.2, 0) is 23.7 Å². The highest BCUT2D eigenvalue weighted by molar-refractivity contribution is 5.76. The Bertz CT molecular complexity index is 1610. The number of hydrogen-bond acceptors (Lipinski definition) is 5. The fourth-order valence-electron chi connectivity index (χ4n) is 4.28. The first-order valence-electron chi connectivity index (χ1n) is 11.5. The smallest absolute Gasteiger partial charge is 0.417 e. The lowest BCUT2D eigenvalue weighted by Gasteiger charge is -2.28. The minimum absolute atomic E-state index is 0.0134. The van der Waals surface area contributed by atoms with E-state index in [1.165, 1.54) is 35.4 Å². The van der Waals surface area contributed by atoms with Crippen LogP contribution in [-0.4, -0.2) is 36.1 Å². The maximum Gasteiger partial charge on any atom is 0.417 e. The Morgan fingerprint density at radius 3 is 2.33 bits per heavy atom. The number of aromatic nitrogens is 4. The van der Waals surface area contributed by atoms with E-state index in [-0.39, 0.29) is 29.7 Å². The van der Waals surface area contributed by atoms with E-state index in [0.717, 1.165) is 12.1 Å². The van der Waals surface area contributed by atoms with Crippen LogP contribution in [0.2, 0.25) is 0 Å². The standard InChI is InChI=1S/C26H16F7N5O2/c27-17-4-2-1-3-15(17)23-34-19-9-10-38(12-21(19)35-23)22(24(39)40)20-8-7-18(36-37-20)14-6-5-13(25(28,29)30)11-16(14)26(31,32)33/h1-11,22H,12H2,(H,34,35)(H,39,40). The van der Waals surface area contributed by atoms with Gasteiger partial charge in [0.15, 0.2) is 6.04 Å². The second-order valence-corrected chi connectivity index (χ2v) is 8.75. The third kappa shape index (κ3) is 5.11. The third-order valence-electron chi connectivity index (χ3n) is 6.16. The number of halogens is 7. The second kappa shape index (κ2) is 9.77. The van der Waals surface area contributed by atoms with Crippen molar-refractivity contribution in [2.45, 2.75) is 24.9 Å². The van der Waals surface area contributed by atoms with Gasteiger partial charge in [0.25, 0.3) is 0 Å². The highest BCUT2D eigenvalue weighted by atomic mass is 19.4. The van der Waals surface area contributed by atoms with Gasteiger partial charge in [0.1, 0.15) is 11.6 Å². The van der Waals surface area contributed by atoms with Crippen LogP contribution in [0.5, 0.6) is 0 Å². The van der Waals surface area contributed by atoms with E-state index in [4.69, 9.17) is 0 Å². The molecule has 0 saturated heterocycles. The van der Waals surface area contributed by atoms with Gasteiger partial charge in [0.2, 0.25) is 0 Å². The number of carboxylic acid groups (broad SMARTS) is 1. The summed E-state index contributed by atoms with van der Waals surface area (Å²) in [6.07, 6.45) is -7.14. The summed E-state index contributed by atoms with van der Waals surface area (Å²) in [7, 11) is 0. The number of fused-ring (bicyclic) bond motifs is 1. The number of benzene rings is 2. The van der Waals surface area contributed by atoms with Gasteiger partial charge in [-0.3, -0.25) is 0 Å². The molecule has 0 spiro atoms. The molecule has 5 rings (SSSR count). The van der Waals surface area contributed by atoms with Crippen molar-refractivity contribution in [3.63, 3.8) is 0 Å². The molecule has 0 aliphatic carbocycles. The molecule has 0 radical (unpaired) electrons. The van der Waals surface area contributed by atoms with E-state index in [2.05, 4.69) is 20.2 Å². The van der Waals surface area contributed by atoms with Crippen molar-refractivity contribution in [3.8, 4) is 22.6 Å². The molecular weight excluding hydrogens is 547 g/mol. The Labute approximate surface area is 220 Å².